The quantitative estimate of drug-likeness (QED) is 0.742. The number of likely N-dealkylation sites (tertiary alicyclic amines) is 1. The number of methoxy groups -OCH3 is 1. The van der Waals surface area contributed by atoms with E-state index in [1.807, 2.05) is 24.4 Å². The minimum Gasteiger partial charge on any atom is -0.497 e. The summed E-state index contributed by atoms with van der Waals surface area (Å²) >= 11 is 0. The topological polar surface area (TPSA) is 54.0 Å². The SMILES string of the molecule is COc1ccc(CN2CCC(N(C)c3ccnc(N4CCOCC4)n3)CC2)cc1. The summed E-state index contributed by atoms with van der Waals surface area (Å²) in [5, 5.41) is 0. The molecule has 0 amide bonds. The predicted molar refractivity (Wildman–Crippen MR) is 115 cm³/mol. The van der Waals surface area contributed by atoms with Gasteiger partial charge in [-0.05, 0) is 36.6 Å². The molecule has 1 aromatic heterocycles. The molecule has 4 rings (SSSR count). The molecule has 7 nitrogen and oxygen atoms in total. The number of ether oxygens (including phenoxy) is 2. The molecule has 0 atom stereocenters. The molecule has 0 saturated carbocycles. The van der Waals surface area contributed by atoms with Crippen molar-refractivity contribution in [2.75, 3.05) is 63.4 Å². The number of nitrogens with zero attached hydrogens (tertiary/aromatic N) is 5. The Morgan fingerprint density at radius 2 is 1.79 bits per heavy atom. The third kappa shape index (κ3) is 4.97. The molecule has 2 aliphatic heterocycles. The number of hydrogen-bond acceptors (Lipinski definition) is 7. The van der Waals surface area contributed by atoms with E-state index in [0.29, 0.717) is 6.04 Å². The second kappa shape index (κ2) is 9.41. The van der Waals surface area contributed by atoms with Gasteiger partial charge in [0.15, 0.2) is 0 Å². The van der Waals surface area contributed by atoms with E-state index in [1.54, 1.807) is 7.11 Å². The Bertz CT molecular complexity index is 771. The lowest BCUT2D eigenvalue weighted by molar-refractivity contribution is 0.122. The zero-order valence-electron chi connectivity index (χ0n) is 17.5. The molecule has 0 unspecified atom stereocenters. The Morgan fingerprint density at radius 1 is 1.07 bits per heavy atom. The lowest BCUT2D eigenvalue weighted by atomic mass is 10.0. The molecule has 0 N–H and O–H groups in total. The maximum absolute atomic E-state index is 5.44. The number of anilines is 2. The number of rotatable bonds is 6. The number of piperidine rings is 1. The van der Waals surface area contributed by atoms with Crippen LogP contribution >= 0.6 is 0 Å². The van der Waals surface area contributed by atoms with Crippen molar-refractivity contribution in [3.8, 4) is 5.75 Å². The van der Waals surface area contributed by atoms with E-state index >= 15 is 0 Å². The van der Waals surface area contributed by atoms with Gasteiger partial charge in [-0.2, -0.15) is 4.98 Å². The maximum Gasteiger partial charge on any atom is 0.227 e. The van der Waals surface area contributed by atoms with Crippen LogP contribution in [0.4, 0.5) is 11.8 Å². The molecule has 1 aromatic carbocycles. The molecule has 156 valence electrons. The molecule has 0 radical (unpaired) electrons. The standard InChI is InChI=1S/C22H31N5O2/c1-25(21-7-10-23-22(24-21)27-13-15-29-16-14-27)19-8-11-26(12-9-19)17-18-3-5-20(28-2)6-4-18/h3-7,10,19H,8-9,11-17H2,1-2H3. The van der Waals surface area contributed by atoms with Gasteiger partial charge in [0.1, 0.15) is 11.6 Å². The Labute approximate surface area is 173 Å². The van der Waals surface area contributed by atoms with Crippen LogP contribution in [0.25, 0.3) is 0 Å². The monoisotopic (exact) mass is 397 g/mol. The molecule has 0 aliphatic carbocycles. The van der Waals surface area contributed by atoms with Crippen molar-refractivity contribution in [2.45, 2.75) is 25.4 Å². The van der Waals surface area contributed by atoms with E-state index in [-0.39, 0.29) is 0 Å². The third-order valence-corrected chi connectivity index (χ3v) is 5.95. The molecule has 2 saturated heterocycles. The van der Waals surface area contributed by atoms with Gasteiger partial charge in [0, 0.05) is 52.0 Å². The first-order valence-corrected chi connectivity index (χ1v) is 10.5. The fourth-order valence-electron chi connectivity index (χ4n) is 4.09. The summed E-state index contributed by atoms with van der Waals surface area (Å²) in [5.41, 5.74) is 1.34. The Morgan fingerprint density at radius 3 is 2.48 bits per heavy atom. The zero-order valence-corrected chi connectivity index (χ0v) is 17.5. The fraction of sp³-hybridized carbons (Fsp3) is 0.545. The van der Waals surface area contributed by atoms with Gasteiger partial charge in [0.25, 0.3) is 0 Å². The van der Waals surface area contributed by atoms with E-state index in [9.17, 15) is 0 Å². The van der Waals surface area contributed by atoms with Crippen LogP contribution in [-0.2, 0) is 11.3 Å². The molecule has 2 fully saturated rings. The average Bonchev–Trinajstić information content (AvgIpc) is 2.80. The van der Waals surface area contributed by atoms with Gasteiger partial charge >= 0.3 is 0 Å². The second-order valence-corrected chi connectivity index (χ2v) is 7.78. The van der Waals surface area contributed by atoms with Crippen LogP contribution < -0.4 is 14.5 Å². The first kappa shape index (κ1) is 19.9. The highest BCUT2D eigenvalue weighted by molar-refractivity contribution is 5.44. The van der Waals surface area contributed by atoms with Crippen LogP contribution in [0.2, 0.25) is 0 Å². The van der Waals surface area contributed by atoms with Crippen LogP contribution in [0.1, 0.15) is 18.4 Å². The van der Waals surface area contributed by atoms with Crippen molar-refractivity contribution in [1.29, 1.82) is 0 Å². The summed E-state index contributed by atoms with van der Waals surface area (Å²) in [6, 6.07) is 10.9. The summed E-state index contributed by atoms with van der Waals surface area (Å²) in [7, 11) is 3.87. The minimum absolute atomic E-state index is 0.509. The first-order chi connectivity index (χ1) is 14.2. The molecule has 0 bridgehead atoms. The van der Waals surface area contributed by atoms with Gasteiger partial charge in [0.2, 0.25) is 5.95 Å². The fourth-order valence-corrected chi connectivity index (χ4v) is 4.09. The lowest BCUT2D eigenvalue weighted by Gasteiger charge is -2.37. The van der Waals surface area contributed by atoms with Crippen LogP contribution in [0.3, 0.4) is 0 Å². The van der Waals surface area contributed by atoms with E-state index in [1.165, 1.54) is 5.56 Å². The van der Waals surface area contributed by atoms with Crippen LogP contribution in [0.5, 0.6) is 5.75 Å². The van der Waals surface area contributed by atoms with Crippen molar-refractivity contribution in [3.63, 3.8) is 0 Å². The van der Waals surface area contributed by atoms with Gasteiger partial charge in [-0.3, -0.25) is 4.90 Å². The molecule has 29 heavy (non-hydrogen) atoms. The number of hydrogen-bond donors (Lipinski definition) is 0. The third-order valence-electron chi connectivity index (χ3n) is 5.95. The predicted octanol–water partition coefficient (Wildman–Crippen LogP) is 2.42. The highest BCUT2D eigenvalue weighted by Gasteiger charge is 2.24. The maximum atomic E-state index is 5.44. The highest BCUT2D eigenvalue weighted by atomic mass is 16.5. The zero-order chi connectivity index (χ0) is 20.1. The minimum atomic E-state index is 0.509. The summed E-state index contributed by atoms with van der Waals surface area (Å²) in [6.45, 7) is 6.40. The summed E-state index contributed by atoms with van der Waals surface area (Å²) in [5.74, 6) is 2.74. The molecular weight excluding hydrogens is 366 g/mol. The highest BCUT2D eigenvalue weighted by Crippen LogP contribution is 2.23. The molecular formula is C22H31N5O2. The van der Waals surface area contributed by atoms with Gasteiger partial charge in [-0.1, -0.05) is 12.1 Å². The Balaban J connectivity index is 1.32. The molecule has 2 aliphatic rings. The van der Waals surface area contributed by atoms with Crippen molar-refractivity contribution >= 4 is 11.8 Å². The van der Waals surface area contributed by atoms with Crippen molar-refractivity contribution in [3.05, 3.63) is 42.1 Å². The number of benzene rings is 1. The normalized spacial score (nSPS) is 18.6. The van der Waals surface area contributed by atoms with Gasteiger partial charge in [-0.15, -0.1) is 0 Å². The van der Waals surface area contributed by atoms with E-state index < -0.39 is 0 Å². The summed E-state index contributed by atoms with van der Waals surface area (Å²) < 4.78 is 10.7. The Hall–Kier alpha value is -2.38. The number of morpholine rings is 1. The van der Waals surface area contributed by atoms with Crippen LogP contribution in [0.15, 0.2) is 36.5 Å². The lowest BCUT2D eigenvalue weighted by Crippen LogP contribution is -2.43. The van der Waals surface area contributed by atoms with E-state index in [2.05, 4.69) is 38.9 Å². The molecule has 3 heterocycles. The largest absolute Gasteiger partial charge is 0.497 e. The molecule has 2 aromatic rings. The number of aromatic nitrogens is 2. The molecule has 7 heteroatoms. The van der Waals surface area contributed by atoms with Gasteiger partial charge < -0.3 is 19.3 Å². The van der Waals surface area contributed by atoms with Gasteiger partial charge in [0.05, 0.1) is 20.3 Å². The van der Waals surface area contributed by atoms with Crippen LogP contribution in [-0.4, -0.2) is 74.5 Å². The van der Waals surface area contributed by atoms with Crippen molar-refractivity contribution in [1.82, 2.24) is 14.9 Å². The van der Waals surface area contributed by atoms with Crippen molar-refractivity contribution < 1.29 is 9.47 Å². The van der Waals surface area contributed by atoms with Crippen molar-refractivity contribution in [2.24, 2.45) is 0 Å². The second-order valence-electron chi connectivity index (χ2n) is 7.78. The first-order valence-electron chi connectivity index (χ1n) is 10.5. The van der Waals surface area contributed by atoms with Crippen LogP contribution in [0, 0.1) is 0 Å². The van der Waals surface area contributed by atoms with E-state index in [0.717, 1.165) is 76.3 Å². The van der Waals surface area contributed by atoms with E-state index in [4.69, 9.17) is 14.5 Å². The summed E-state index contributed by atoms with van der Waals surface area (Å²) in [4.78, 5) is 16.4. The molecule has 0 spiro atoms. The Kier molecular flexibility index (Phi) is 6.46. The summed E-state index contributed by atoms with van der Waals surface area (Å²) in [6.07, 6.45) is 4.16. The van der Waals surface area contributed by atoms with Gasteiger partial charge in [-0.25, -0.2) is 4.98 Å². The average molecular weight is 398 g/mol. The smallest absolute Gasteiger partial charge is 0.227 e.